The lowest BCUT2D eigenvalue weighted by molar-refractivity contribution is -0.222. The monoisotopic (exact) mass is 289 g/mol. The fourth-order valence-electron chi connectivity index (χ4n) is 3.88. The van der Waals surface area contributed by atoms with Crippen molar-refractivity contribution >= 4 is 0 Å². The molecule has 0 spiro atoms. The standard InChI is InChI=1S/C18H27NO2/c1-14-9-11-15(12-10-14)18(20-2,21-3)17-13-19(17)16-7-5-4-6-8-16/h9-12,16-17H,4-8,13H2,1-3H3. The summed E-state index contributed by atoms with van der Waals surface area (Å²) in [5.74, 6) is -0.620. The van der Waals surface area contributed by atoms with Gasteiger partial charge in [-0.05, 0) is 19.8 Å². The summed E-state index contributed by atoms with van der Waals surface area (Å²) in [5, 5.41) is 0. The van der Waals surface area contributed by atoms with E-state index in [9.17, 15) is 0 Å². The van der Waals surface area contributed by atoms with Gasteiger partial charge < -0.3 is 9.47 Å². The molecule has 3 nitrogen and oxygen atoms in total. The molecule has 2 aliphatic rings. The van der Waals surface area contributed by atoms with E-state index in [2.05, 4.69) is 36.1 Å². The minimum absolute atomic E-state index is 0.346. The van der Waals surface area contributed by atoms with Crippen LogP contribution in [-0.2, 0) is 15.3 Å². The van der Waals surface area contributed by atoms with Gasteiger partial charge in [-0.3, -0.25) is 4.90 Å². The average Bonchev–Trinajstić information content (AvgIpc) is 3.33. The minimum atomic E-state index is -0.620. The van der Waals surface area contributed by atoms with E-state index in [4.69, 9.17) is 9.47 Å². The molecule has 0 radical (unpaired) electrons. The lowest BCUT2D eigenvalue weighted by Crippen LogP contribution is -2.40. The van der Waals surface area contributed by atoms with E-state index in [-0.39, 0.29) is 0 Å². The maximum Gasteiger partial charge on any atom is 0.211 e. The third-order valence-electron chi connectivity index (χ3n) is 5.19. The Morgan fingerprint density at radius 1 is 1.00 bits per heavy atom. The van der Waals surface area contributed by atoms with E-state index < -0.39 is 5.79 Å². The lowest BCUT2D eigenvalue weighted by atomic mass is 9.95. The quantitative estimate of drug-likeness (QED) is 0.612. The lowest BCUT2D eigenvalue weighted by Gasteiger charge is -2.33. The van der Waals surface area contributed by atoms with Gasteiger partial charge in [-0.15, -0.1) is 0 Å². The van der Waals surface area contributed by atoms with Crippen LogP contribution in [0.2, 0.25) is 0 Å². The fourth-order valence-corrected chi connectivity index (χ4v) is 3.88. The molecule has 2 unspecified atom stereocenters. The maximum atomic E-state index is 5.89. The first kappa shape index (κ1) is 15.0. The SMILES string of the molecule is COC(OC)(c1ccc(C)cc1)C1CN1C1CCCCC1. The van der Waals surface area contributed by atoms with Crippen molar-refractivity contribution in [2.24, 2.45) is 0 Å². The maximum absolute atomic E-state index is 5.89. The molecule has 1 heterocycles. The van der Waals surface area contributed by atoms with Crippen LogP contribution in [0.4, 0.5) is 0 Å². The Balaban J connectivity index is 1.80. The largest absolute Gasteiger partial charge is 0.348 e. The van der Waals surface area contributed by atoms with Crippen molar-refractivity contribution in [2.45, 2.75) is 56.9 Å². The fraction of sp³-hybridized carbons (Fsp3) is 0.667. The van der Waals surface area contributed by atoms with Crippen LogP contribution in [0.25, 0.3) is 0 Å². The number of hydrogen-bond acceptors (Lipinski definition) is 3. The van der Waals surface area contributed by atoms with E-state index in [1.807, 2.05) is 0 Å². The number of nitrogens with zero attached hydrogens (tertiary/aromatic N) is 1. The predicted molar refractivity (Wildman–Crippen MR) is 84.2 cm³/mol. The molecule has 1 aliphatic carbocycles. The van der Waals surface area contributed by atoms with Crippen LogP contribution in [0.15, 0.2) is 24.3 Å². The molecule has 0 bridgehead atoms. The highest BCUT2D eigenvalue weighted by Crippen LogP contribution is 2.43. The van der Waals surface area contributed by atoms with Crippen LogP contribution in [0.5, 0.6) is 0 Å². The summed E-state index contributed by atoms with van der Waals surface area (Å²) in [5.41, 5.74) is 2.39. The third kappa shape index (κ3) is 2.75. The van der Waals surface area contributed by atoms with Crippen LogP contribution in [0.1, 0.15) is 43.2 Å². The van der Waals surface area contributed by atoms with Crippen LogP contribution in [0, 0.1) is 6.92 Å². The second kappa shape index (κ2) is 6.07. The number of rotatable bonds is 5. The van der Waals surface area contributed by atoms with Gasteiger partial charge in [0.05, 0.1) is 6.04 Å². The van der Waals surface area contributed by atoms with Gasteiger partial charge in [-0.2, -0.15) is 0 Å². The zero-order valence-corrected chi connectivity index (χ0v) is 13.5. The zero-order valence-electron chi connectivity index (χ0n) is 13.5. The van der Waals surface area contributed by atoms with Crippen LogP contribution in [0.3, 0.4) is 0 Å². The van der Waals surface area contributed by atoms with Gasteiger partial charge >= 0.3 is 0 Å². The molecule has 3 rings (SSSR count). The molecule has 1 aliphatic heterocycles. The Morgan fingerprint density at radius 2 is 1.62 bits per heavy atom. The topological polar surface area (TPSA) is 21.5 Å². The molecule has 1 saturated carbocycles. The van der Waals surface area contributed by atoms with Gasteiger partial charge in [0.15, 0.2) is 0 Å². The summed E-state index contributed by atoms with van der Waals surface area (Å²) in [4.78, 5) is 2.58. The van der Waals surface area contributed by atoms with Crippen LogP contribution in [-0.4, -0.2) is 37.7 Å². The smallest absolute Gasteiger partial charge is 0.211 e. The summed E-state index contributed by atoms with van der Waals surface area (Å²) in [7, 11) is 3.53. The van der Waals surface area contributed by atoms with E-state index in [0.717, 1.165) is 18.2 Å². The van der Waals surface area contributed by atoms with Gasteiger partial charge in [0.25, 0.3) is 0 Å². The Hall–Kier alpha value is -0.900. The van der Waals surface area contributed by atoms with Crippen molar-refractivity contribution in [3.8, 4) is 0 Å². The molecule has 2 fully saturated rings. The van der Waals surface area contributed by atoms with Gasteiger partial charge in [0.1, 0.15) is 0 Å². The molecule has 3 heteroatoms. The first-order chi connectivity index (χ1) is 10.2. The van der Waals surface area contributed by atoms with E-state index in [1.54, 1.807) is 14.2 Å². The molecule has 1 aromatic carbocycles. The third-order valence-corrected chi connectivity index (χ3v) is 5.19. The van der Waals surface area contributed by atoms with Crippen LogP contribution >= 0.6 is 0 Å². The van der Waals surface area contributed by atoms with E-state index >= 15 is 0 Å². The Morgan fingerprint density at radius 3 is 2.19 bits per heavy atom. The second-order valence-electron chi connectivity index (χ2n) is 6.45. The van der Waals surface area contributed by atoms with Gasteiger partial charge in [0, 0.05) is 32.4 Å². The highest BCUT2D eigenvalue weighted by Gasteiger charge is 2.55. The van der Waals surface area contributed by atoms with Crippen molar-refractivity contribution in [1.29, 1.82) is 0 Å². The highest BCUT2D eigenvalue weighted by molar-refractivity contribution is 5.29. The van der Waals surface area contributed by atoms with Crippen molar-refractivity contribution < 1.29 is 9.47 Å². The van der Waals surface area contributed by atoms with Crippen molar-refractivity contribution in [1.82, 2.24) is 4.90 Å². The number of methoxy groups -OCH3 is 2. The molecular weight excluding hydrogens is 262 g/mol. The molecule has 0 N–H and O–H groups in total. The van der Waals surface area contributed by atoms with E-state index in [0.29, 0.717) is 6.04 Å². The van der Waals surface area contributed by atoms with E-state index in [1.165, 1.54) is 37.7 Å². The Bertz CT molecular complexity index is 461. The Kier molecular flexibility index (Phi) is 4.34. The van der Waals surface area contributed by atoms with Gasteiger partial charge in [0.2, 0.25) is 5.79 Å². The van der Waals surface area contributed by atoms with Crippen molar-refractivity contribution in [2.75, 3.05) is 20.8 Å². The first-order valence-corrected chi connectivity index (χ1v) is 8.14. The summed E-state index contributed by atoms with van der Waals surface area (Å²) < 4.78 is 11.8. The normalized spacial score (nSPS) is 26.8. The van der Waals surface area contributed by atoms with Crippen molar-refractivity contribution in [3.63, 3.8) is 0 Å². The highest BCUT2D eigenvalue weighted by atomic mass is 16.7. The van der Waals surface area contributed by atoms with Crippen LogP contribution < -0.4 is 0 Å². The average molecular weight is 289 g/mol. The second-order valence-corrected chi connectivity index (χ2v) is 6.45. The van der Waals surface area contributed by atoms with Crippen molar-refractivity contribution in [3.05, 3.63) is 35.4 Å². The molecule has 21 heavy (non-hydrogen) atoms. The van der Waals surface area contributed by atoms with Gasteiger partial charge in [-0.1, -0.05) is 49.1 Å². The molecule has 0 aromatic heterocycles. The zero-order chi connectivity index (χ0) is 14.9. The first-order valence-electron chi connectivity index (χ1n) is 8.14. The molecule has 116 valence electrons. The summed E-state index contributed by atoms with van der Waals surface area (Å²) >= 11 is 0. The minimum Gasteiger partial charge on any atom is -0.348 e. The number of ether oxygens (including phenoxy) is 2. The number of aryl methyl sites for hydroxylation is 1. The molecule has 2 atom stereocenters. The van der Waals surface area contributed by atoms with Gasteiger partial charge in [-0.25, -0.2) is 0 Å². The predicted octanol–water partition coefficient (Wildman–Crippen LogP) is 3.46. The summed E-state index contributed by atoms with van der Waals surface area (Å²) in [6.07, 6.45) is 6.78. The summed E-state index contributed by atoms with van der Waals surface area (Å²) in [6.45, 7) is 3.19. The Labute approximate surface area is 128 Å². The molecule has 0 amide bonds. The number of hydrogen-bond donors (Lipinski definition) is 0. The molecular formula is C18H27NO2. The molecule has 1 aromatic rings. The summed E-state index contributed by atoms with van der Waals surface area (Å²) in [6, 6.07) is 9.61. The molecule has 1 saturated heterocycles. The number of benzene rings is 1.